The molecule has 0 aromatic heterocycles. The summed E-state index contributed by atoms with van der Waals surface area (Å²) in [5, 5.41) is 2.93. The number of hydrogen-bond acceptors (Lipinski definition) is 4. The maximum atomic E-state index is 12.4. The van der Waals surface area contributed by atoms with Crippen molar-refractivity contribution in [2.24, 2.45) is 5.41 Å². The molecular formula is C21H30N4O3. The molecule has 0 aliphatic carbocycles. The van der Waals surface area contributed by atoms with E-state index in [-0.39, 0.29) is 23.1 Å². The Hall–Kier alpha value is -2.41. The summed E-state index contributed by atoms with van der Waals surface area (Å²) in [7, 11) is 0. The number of nitrogens with zero attached hydrogens (tertiary/aromatic N) is 3. The molecule has 3 rings (SSSR count). The minimum absolute atomic E-state index is 0.0829. The van der Waals surface area contributed by atoms with Crippen LogP contribution in [0.4, 0.5) is 11.4 Å². The van der Waals surface area contributed by atoms with E-state index in [0.717, 1.165) is 18.7 Å². The van der Waals surface area contributed by atoms with Gasteiger partial charge < -0.3 is 15.1 Å². The fourth-order valence-corrected chi connectivity index (χ4v) is 3.66. The van der Waals surface area contributed by atoms with Gasteiger partial charge in [-0.05, 0) is 24.6 Å². The van der Waals surface area contributed by atoms with E-state index < -0.39 is 0 Å². The molecule has 0 unspecified atom stereocenters. The maximum Gasteiger partial charge on any atom is 0.238 e. The molecule has 0 saturated carbocycles. The molecule has 2 aliphatic heterocycles. The Bertz CT molecular complexity index is 748. The van der Waals surface area contributed by atoms with Gasteiger partial charge in [-0.2, -0.15) is 0 Å². The third-order valence-electron chi connectivity index (χ3n) is 5.18. The van der Waals surface area contributed by atoms with Crippen LogP contribution in [-0.2, 0) is 14.4 Å². The van der Waals surface area contributed by atoms with Gasteiger partial charge >= 0.3 is 0 Å². The summed E-state index contributed by atoms with van der Waals surface area (Å²) in [5.41, 5.74) is 1.15. The van der Waals surface area contributed by atoms with Gasteiger partial charge in [0.05, 0.1) is 6.54 Å². The zero-order valence-corrected chi connectivity index (χ0v) is 17.0. The predicted octanol–water partition coefficient (Wildman–Crippen LogP) is 1.94. The highest BCUT2D eigenvalue weighted by molar-refractivity contribution is 5.97. The molecule has 0 radical (unpaired) electrons. The van der Waals surface area contributed by atoms with Crippen LogP contribution in [0.5, 0.6) is 0 Å². The molecule has 2 saturated heterocycles. The second-order valence-electron chi connectivity index (χ2n) is 8.57. The maximum absolute atomic E-state index is 12.4. The lowest BCUT2D eigenvalue weighted by molar-refractivity contribution is -0.141. The topological polar surface area (TPSA) is 73.0 Å². The SMILES string of the molecule is CC(C)(C)C(=O)N1CCN(CC(=O)Nc2cccc(N3CCCC3=O)c2)CC1. The monoisotopic (exact) mass is 386 g/mol. The fourth-order valence-electron chi connectivity index (χ4n) is 3.66. The van der Waals surface area contributed by atoms with Crippen LogP contribution >= 0.6 is 0 Å². The zero-order chi connectivity index (χ0) is 20.3. The number of carbonyl (C=O) groups is 3. The third kappa shape index (κ3) is 4.90. The lowest BCUT2D eigenvalue weighted by Gasteiger charge is -2.37. The quantitative estimate of drug-likeness (QED) is 0.858. The molecule has 7 heteroatoms. The first kappa shape index (κ1) is 20.3. The fraction of sp³-hybridized carbons (Fsp3) is 0.571. The molecular weight excluding hydrogens is 356 g/mol. The van der Waals surface area contributed by atoms with Crippen molar-refractivity contribution in [2.75, 3.05) is 49.5 Å². The Morgan fingerprint density at radius 3 is 2.39 bits per heavy atom. The van der Waals surface area contributed by atoms with E-state index in [9.17, 15) is 14.4 Å². The molecule has 7 nitrogen and oxygen atoms in total. The summed E-state index contributed by atoms with van der Waals surface area (Å²) in [6, 6.07) is 7.43. The largest absolute Gasteiger partial charge is 0.340 e. The summed E-state index contributed by atoms with van der Waals surface area (Å²) in [6.07, 6.45) is 1.46. The first-order chi connectivity index (χ1) is 13.2. The number of carbonyl (C=O) groups excluding carboxylic acids is 3. The van der Waals surface area contributed by atoms with Crippen molar-refractivity contribution in [3.8, 4) is 0 Å². The lowest BCUT2D eigenvalue weighted by atomic mass is 9.94. The van der Waals surface area contributed by atoms with E-state index in [2.05, 4.69) is 10.2 Å². The highest BCUT2D eigenvalue weighted by Crippen LogP contribution is 2.24. The predicted molar refractivity (Wildman–Crippen MR) is 109 cm³/mol. The van der Waals surface area contributed by atoms with Gasteiger partial charge in [0.2, 0.25) is 17.7 Å². The molecule has 0 spiro atoms. The highest BCUT2D eigenvalue weighted by atomic mass is 16.2. The summed E-state index contributed by atoms with van der Waals surface area (Å²) >= 11 is 0. The molecule has 2 aliphatic rings. The minimum Gasteiger partial charge on any atom is -0.340 e. The molecule has 2 fully saturated rings. The van der Waals surface area contributed by atoms with Gasteiger partial charge in [0.25, 0.3) is 0 Å². The molecule has 0 atom stereocenters. The second kappa shape index (κ2) is 8.31. The number of rotatable bonds is 4. The van der Waals surface area contributed by atoms with Crippen LogP contribution in [0.2, 0.25) is 0 Å². The van der Waals surface area contributed by atoms with Gasteiger partial charge in [0.15, 0.2) is 0 Å². The number of benzene rings is 1. The summed E-state index contributed by atoms with van der Waals surface area (Å²) in [4.78, 5) is 42.4. The van der Waals surface area contributed by atoms with E-state index in [4.69, 9.17) is 0 Å². The smallest absolute Gasteiger partial charge is 0.238 e. The Labute approximate surface area is 166 Å². The molecule has 0 bridgehead atoms. The Morgan fingerprint density at radius 1 is 1.07 bits per heavy atom. The van der Waals surface area contributed by atoms with Crippen LogP contribution in [0.25, 0.3) is 0 Å². The van der Waals surface area contributed by atoms with Gasteiger partial charge in [0.1, 0.15) is 0 Å². The van der Waals surface area contributed by atoms with E-state index in [1.54, 1.807) is 4.90 Å². The van der Waals surface area contributed by atoms with E-state index >= 15 is 0 Å². The van der Waals surface area contributed by atoms with Crippen molar-refractivity contribution >= 4 is 29.1 Å². The average molecular weight is 386 g/mol. The van der Waals surface area contributed by atoms with Crippen LogP contribution in [-0.4, -0.2) is 66.8 Å². The van der Waals surface area contributed by atoms with E-state index in [0.29, 0.717) is 44.8 Å². The van der Waals surface area contributed by atoms with Crippen molar-refractivity contribution in [3.05, 3.63) is 24.3 Å². The Kier molecular flexibility index (Phi) is 6.03. The van der Waals surface area contributed by atoms with Gasteiger partial charge in [-0.3, -0.25) is 19.3 Å². The van der Waals surface area contributed by atoms with Crippen LogP contribution in [0.3, 0.4) is 0 Å². The average Bonchev–Trinajstić information content (AvgIpc) is 3.07. The lowest BCUT2D eigenvalue weighted by Crippen LogP contribution is -2.52. The minimum atomic E-state index is -0.374. The first-order valence-corrected chi connectivity index (χ1v) is 9.96. The molecule has 1 N–H and O–H groups in total. The van der Waals surface area contributed by atoms with Crippen LogP contribution in [0.1, 0.15) is 33.6 Å². The van der Waals surface area contributed by atoms with Crippen LogP contribution in [0.15, 0.2) is 24.3 Å². The number of anilines is 2. The third-order valence-corrected chi connectivity index (χ3v) is 5.18. The van der Waals surface area contributed by atoms with Crippen molar-refractivity contribution in [1.29, 1.82) is 0 Å². The van der Waals surface area contributed by atoms with Crippen molar-refractivity contribution in [2.45, 2.75) is 33.6 Å². The van der Waals surface area contributed by atoms with Crippen molar-refractivity contribution < 1.29 is 14.4 Å². The van der Waals surface area contributed by atoms with Crippen LogP contribution < -0.4 is 10.2 Å². The molecule has 3 amide bonds. The summed E-state index contributed by atoms with van der Waals surface area (Å²) in [5.74, 6) is 0.205. The van der Waals surface area contributed by atoms with Crippen LogP contribution in [0, 0.1) is 5.41 Å². The van der Waals surface area contributed by atoms with Gasteiger partial charge in [-0.15, -0.1) is 0 Å². The number of piperazine rings is 1. The number of amides is 3. The van der Waals surface area contributed by atoms with E-state index in [1.165, 1.54) is 0 Å². The molecule has 1 aromatic rings. The van der Waals surface area contributed by atoms with Gasteiger partial charge in [-0.25, -0.2) is 0 Å². The molecule has 28 heavy (non-hydrogen) atoms. The standard InChI is InChI=1S/C21H30N4O3/c1-21(2,3)20(28)24-12-10-23(11-13-24)15-18(26)22-16-6-4-7-17(14-16)25-9-5-8-19(25)27/h4,6-7,14H,5,8-13,15H2,1-3H3,(H,22,26). The van der Waals surface area contributed by atoms with Gasteiger partial charge in [-0.1, -0.05) is 26.8 Å². The summed E-state index contributed by atoms with van der Waals surface area (Å²) < 4.78 is 0. The summed E-state index contributed by atoms with van der Waals surface area (Å²) in [6.45, 7) is 9.50. The first-order valence-electron chi connectivity index (χ1n) is 9.96. The van der Waals surface area contributed by atoms with Gasteiger partial charge in [0, 0.05) is 55.9 Å². The van der Waals surface area contributed by atoms with E-state index in [1.807, 2.05) is 49.9 Å². The molecule has 1 aromatic carbocycles. The zero-order valence-electron chi connectivity index (χ0n) is 17.0. The molecule has 152 valence electrons. The van der Waals surface area contributed by atoms with Crippen molar-refractivity contribution in [3.63, 3.8) is 0 Å². The van der Waals surface area contributed by atoms with Crippen molar-refractivity contribution in [1.82, 2.24) is 9.80 Å². The second-order valence-corrected chi connectivity index (χ2v) is 8.57. The number of nitrogens with one attached hydrogen (secondary N) is 1. The molecule has 2 heterocycles. The normalized spacial score (nSPS) is 18.5. The Balaban J connectivity index is 1.50. The number of hydrogen-bond donors (Lipinski definition) is 1. The highest BCUT2D eigenvalue weighted by Gasteiger charge is 2.30. The Morgan fingerprint density at radius 2 is 1.79 bits per heavy atom.